The highest BCUT2D eigenvalue weighted by Crippen LogP contribution is 2.32. The van der Waals surface area contributed by atoms with E-state index < -0.39 is 0 Å². The smallest absolute Gasteiger partial charge is 0.308 e. The third kappa shape index (κ3) is 9.67. The second kappa shape index (κ2) is 15.5. The average Bonchev–Trinajstić information content (AvgIpc) is 2.94. The molecule has 4 N–H and O–H groups in total. The van der Waals surface area contributed by atoms with Crippen molar-refractivity contribution in [1.29, 1.82) is 0 Å². The molecule has 0 unspecified atom stereocenters. The Morgan fingerprint density at radius 3 is 1.37 bits per heavy atom. The van der Waals surface area contributed by atoms with Gasteiger partial charge in [-0.2, -0.15) is 0 Å². The van der Waals surface area contributed by atoms with E-state index in [-0.39, 0.29) is 12.1 Å². The van der Waals surface area contributed by atoms with Crippen molar-refractivity contribution in [3.8, 4) is 0 Å². The van der Waals surface area contributed by atoms with Gasteiger partial charge in [0.05, 0.1) is 31.5 Å². The van der Waals surface area contributed by atoms with Crippen molar-refractivity contribution in [2.45, 2.75) is 16.2 Å². The molecule has 0 aliphatic heterocycles. The third-order valence-electron chi connectivity index (χ3n) is 5.43. The first-order chi connectivity index (χ1) is 19.8. The molecule has 12 heteroatoms. The lowest BCUT2D eigenvalue weighted by Gasteiger charge is -2.13. The number of benzene rings is 4. The van der Waals surface area contributed by atoms with Crippen molar-refractivity contribution in [2.24, 2.45) is 0 Å². The maximum atomic E-state index is 12.5. The Kier molecular flexibility index (Phi) is 11.8. The number of anilines is 4. The van der Waals surface area contributed by atoms with Crippen LogP contribution in [0, 0.1) is 0 Å². The molecule has 6 nitrogen and oxygen atoms in total. The number of hydrogen-bond donors (Lipinski definition) is 4. The van der Waals surface area contributed by atoms with Crippen molar-refractivity contribution in [2.75, 3.05) is 32.8 Å². The van der Waals surface area contributed by atoms with Gasteiger partial charge >= 0.3 is 12.1 Å². The van der Waals surface area contributed by atoms with Crippen molar-refractivity contribution in [3.63, 3.8) is 0 Å². The zero-order chi connectivity index (χ0) is 29.2. The van der Waals surface area contributed by atoms with E-state index in [1.807, 2.05) is 48.5 Å². The quantitative estimate of drug-likeness (QED) is 0.100. The van der Waals surface area contributed by atoms with Gasteiger partial charge in [0.1, 0.15) is 0 Å². The van der Waals surface area contributed by atoms with Crippen LogP contribution >= 0.6 is 69.9 Å². The fourth-order valence-electron chi connectivity index (χ4n) is 3.53. The lowest BCUT2D eigenvalue weighted by Crippen LogP contribution is -2.19. The summed E-state index contributed by atoms with van der Waals surface area (Å²) in [7, 11) is 0. The van der Waals surface area contributed by atoms with Crippen molar-refractivity contribution in [3.05, 3.63) is 105 Å². The molecule has 4 aromatic carbocycles. The lowest BCUT2D eigenvalue weighted by molar-refractivity contribution is 0.261. The predicted molar refractivity (Wildman–Crippen MR) is 177 cm³/mol. The third-order valence-corrected chi connectivity index (χ3v) is 9.23. The summed E-state index contributed by atoms with van der Waals surface area (Å²) in [5.74, 6) is 1.68. The molecule has 41 heavy (non-hydrogen) atoms. The first kappa shape index (κ1) is 31.2. The first-order valence-corrected chi connectivity index (χ1v) is 15.8. The Balaban J connectivity index is 1.25. The second-order valence-electron chi connectivity index (χ2n) is 8.46. The maximum absolute atomic E-state index is 12.5. The van der Waals surface area contributed by atoms with Gasteiger partial charge in [0.25, 0.3) is 0 Å². The molecule has 0 saturated carbocycles. The standard InChI is InChI=1S/C29H24Cl4N4O2S2/c30-20-12-10-18(16-22(20)32)34-28(38)36-24-6-1-3-8-26(24)40-14-5-15-41-27-9-4-2-7-25(27)37-29(39)35-19-11-13-21(31)23(33)17-19/h1-4,6-13,16-17H,5,14-15H2,(H2,34,36,38)(H2,35,37,39). The molecular formula is C29H24Cl4N4O2S2. The van der Waals surface area contributed by atoms with Crippen LogP contribution in [0.5, 0.6) is 0 Å². The largest absolute Gasteiger partial charge is 0.323 e. The summed E-state index contributed by atoms with van der Waals surface area (Å²) in [5, 5.41) is 12.9. The highest BCUT2D eigenvalue weighted by molar-refractivity contribution is 8.00. The Hall–Kier alpha value is -2.72. The van der Waals surface area contributed by atoms with Crippen LogP contribution in [0.3, 0.4) is 0 Å². The molecule has 0 saturated heterocycles. The van der Waals surface area contributed by atoms with Crippen LogP contribution in [0.4, 0.5) is 32.3 Å². The van der Waals surface area contributed by atoms with Gasteiger partial charge in [-0.15, -0.1) is 23.5 Å². The molecule has 0 aliphatic rings. The molecule has 0 radical (unpaired) electrons. The van der Waals surface area contributed by atoms with E-state index in [1.165, 1.54) is 0 Å². The molecule has 4 rings (SSSR count). The summed E-state index contributed by atoms with van der Waals surface area (Å²) in [4.78, 5) is 27.0. The van der Waals surface area contributed by atoms with Gasteiger partial charge in [0, 0.05) is 21.2 Å². The molecule has 0 atom stereocenters. The number of rotatable bonds is 10. The summed E-state index contributed by atoms with van der Waals surface area (Å²) in [6, 6.07) is 24.3. The van der Waals surface area contributed by atoms with Gasteiger partial charge in [-0.3, -0.25) is 0 Å². The fourth-order valence-corrected chi connectivity index (χ4v) is 6.23. The van der Waals surface area contributed by atoms with E-state index in [0.29, 0.717) is 42.8 Å². The molecular weight excluding hydrogens is 642 g/mol. The summed E-state index contributed by atoms with van der Waals surface area (Å²) < 4.78 is 0. The monoisotopic (exact) mass is 664 g/mol. The topological polar surface area (TPSA) is 82.3 Å². The highest BCUT2D eigenvalue weighted by Gasteiger charge is 2.11. The molecule has 0 heterocycles. The van der Waals surface area contributed by atoms with Gasteiger partial charge < -0.3 is 21.3 Å². The van der Waals surface area contributed by atoms with Gasteiger partial charge in [-0.1, -0.05) is 70.7 Å². The van der Waals surface area contributed by atoms with Gasteiger partial charge in [0.2, 0.25) is 0 Å². The molecule has 212 valence electrons. The zero-order valence-electron chi connectivity index (χ0n) is 21.3. The zero-order valence-corrected chi connectivity index (χ0v) is 26.0. The molecule has 0 aromatic heterocycles. The number of urea groups is 2. The molecule has 4 amide bonds. The fraction of sp³-hybridized carbons (Fsp3) is 0.103. The first-order valence-electron chi connectivity index (χ1n) is 12.3. The van der Waals surface area contributed by atoms with Crippen LogP contribution in [0.2, 0.25) is 20.1 Å². The Morgan fingerprint density at radius 2 is 0.951 bits per heavy atom. The molecule has 0 aliphatic carbocycles. The number of carbonyl (C=O) groups is 2. The number of carbonyl (C=O) groups excluding carboxylic acids is 2. The number of amides is 4. The van der Waals surface area contributed by atoms with Gasteiger partial charge in [-0.25, -0.2) is 9.59 Å². The van der Waals surface area contributed by atoms with Crippen LogP contribution in [-0.2, 0) is 0 Å². The van der Waals surface area contributed by atoms with E-state index in [9.17, 15) is 9.59 Å². The highest BCUT2D eigenvalue weighted by atomic mass is 35.5. The minimum atomic E-state index is -0.376. The molecule has 0 bridgehead atoms. The van der Waals surface area contributed by atoms with Crippen LogP contribution in [0.25, 0.3) is 0 Å². The summed E-state index contributed by atoms with van der Waals surface area (Å²) in [6.07, 6.45) is 0.906. The number of hydrogen-bond acceptors (Lipinski definition) is 4. The number of thioether (sulfide) groups is 2. The van der Waals surface area contributed by atoms with E-state index >= 15 is 0 Å². The summed E-state index contributed by atoms with van der Waals surface area (Å²) in [6.45, 7) is 0. The van der Waals surface area contributed by atoms with Crippen molar-refractivity contribution >= 4 is 105 Å². The van der Waals surface area contributed by atoms with Crippen molar-refractivity contribution in [1.82, 2.24) is 0 Å². The minimum absolute atomic E-state index is 0.364. The summed E-state index contributed by atoms with van der Waals surface area (Å²) >= 11 is 27.3. The normalized spacial score (nSPS) is 10.6. The van der Waals surface area contributed by atoms with Gasteiger partial charge in [0.15, 0.2) is 0 Å². The van der Waals surface area contributed by atoms with E-state index in [0.717, 1.165) is 27.7 Å². The molecule has 4 aromatic rings. The minimum Gasteiger partial charge on any atom is -0.308 e. The molecule has 0 fully saturated rings. The van der Waals surface area contributed by atoms with Crippen LogP contribution in [0.15, 0.2) is 94.7 Å². The Labute approximate surface area is 266 Å². The summed E-state index contributed by atoms with van der Waals surface area (Å²) in [5.41, 5.74) is 2.51. The van der Waals surface area contributed by atoms with Gasteiger partial charge in [-0.05, 0) is 78.6 Å². The SMILES string of the molecule is O=C(Nc1ccc(Cl)c(Cl)c1)Nc1ccccc1SCCCSc1ccccc1NC(=O)Nc1ccc(Cl)c(Cl)c1. The van der Waals surface area contributed by atoms with E-state index in [2.05, 4.69) is 21.3 Å². The predicted octanol–water partition coefficient (Wildman–Crippen LogP) is 10.9. The van der Waals surface area contributed by atoms with E-state index in [1.54, 1.807) is 59.9 Å². The lowest BCUT2D eigenvalue weighted by atomic mass is 10.3. The Bertz CT molecular complexity index is 1430. The van der Waals surface area contributed by atoms with Crippen LogP contribution < -0.4 is 21.3 Å². The number of halogens is 4. The van der Waals surface area contributed by atoms with Crippen molar-refractivity contribution < 1.29 is 9.59 Å². The number of nitrogens with one attached hydrogen (secondary N) is 4. The maximum Gasteiger partial charge on any atom is 0.323 e. The van der Waals surface area contributed by atoms with Crippen LogP contribution in [0.1, 0.15) is 6.42 Å². The average molecular weight is 666 g/mol. The van der Waals surface area contributed by atoms with E-state index in [4.69, 9.17) is 46.4 Å². The number of para-hydroxylation sites is 2. The van der Waals surface area contributed by atoms with Crippen LogP contribution in [-0.4, -0.2) is 23.6 Å². The Morgan fingerprint density at radius 1 is 0.537 bits per heavy atom. The second-order valence-corrected chi connectivity index (χ2v) is 12.4. The molecule has 0 spiro atoms.